The van der Waals surface area contributed by atoms with E-state index in [1.165, 1.54) is 11.3 Å². The van der Waals surface area contributed by atoms with Crippen LogP contribution in [0, 0.1) is 0 Å². The van der Waals surface area contributed by atoms with Crippen molar-refractivity contribution in [2.24, 2.45) is 4.99 Å². The van der Waals surface area contributed by atoms with Crippen molar-refractivity contribution in [3.05, 3.63) is 127 Å². The number of aromatic nitrogens is 1. The lowest BCUT2D eigenvalue weighted by Crippen LogP contribution is -2.39. The highest BCUT2D eigenvalue weighted by Gasteiger charge is 2.33. The Morgan fingerprint density at radius 2 is 1.79 bits per heavy atom. The third kappa shape index (κ3) is 5.56. The number of rotatable bonds is 8. The molecular formula is C31H28N2O5S. The Bertz CT molecular complexity index is 1700. The molecule has 5 rings (SSSR count). The molecule has 0 radical (unpaired) electrons. The van der Waals surface area contributed by atoms with Crippen LogP contribution in [0.1, 0.15) is 36.6 Å². The van der Waals surface area contributed by atoms with Crippen LogP contribution in [0.15, 0.2) is 99.9 Å². The number of hydrogen-bond donors (Lipinski definition) is 0. The maximum atomic E-state index is 13.8. The quantitative estimate of drug-likeness (QED) is 0.310. The fraction of sp³-hybridized carbons (Fsp3) is 0.194. The molecule has 39 heavy (non-hydrogen) atoms. The second kappa shape index (κ2) is 11.5. The molecule has 198 valence electrons. The second-order valence-corrected chi connectivity index (χ2v) is 9.93. The lowest BCUT2D eigenvalue weighted by atomic mass is 9.96. The normalized spacial score (nSPS) is 14.9. The smallest absolute Gasteiger partial charge is 0.338 e. The molecule has 0 unspecified atom stereocenters. The van der Waals surface area contributed by atoms with Crippen molar-refractivity contribution in [1.29, 1.82) is 0 Å². The van der Waals surface area contributed by atoms with Gasteiger partial charge in [0.15, 0.2) is 4.80 Å². The number of hydrogen-bond acceptors (Lipinski definition) is 7. The van der Waals surface area contributed by atoms with E-state index in [9.17, 15) is 9.59 Å². The third-order valence-electron chi connectivity index (χ3n) is 6.35. The molecule has 2 heterocycles. The largest absolute Gasteiger partial charge is 0.497 e. The van der Waals surface area contributed by atoms with Crippen molar-refractivity contribution < 1.29 is 19.0 Å². The molecule has 1 aliphatic rings. The Morgan fingerprint density at radius 3 is 2.51 bits per heavy atom. The van der Waals surface area contributed by atoms with Crippen LogP contribution in [-0.2, 0) is 16.1 Å². The standard InChI is InChI=1S/C31H28N2O5S/c1-4-37-30(35)27-20(2)32-31-33(28(27)23-13-15-24(36-3)16-14-23)29(34)26(39-31)18-22-11-8-12-25(17-22)38-19-21-9-6-5-7-10-21/h5-18,28H,4,19H2,1-3H3/b26-18+/t28-/m0/s1. The zero-order valence-electron chi connectivity index (χ0n) is 21.9. The minimum Gasteiger partial charge on any atom is -0.497 e. The van der Waals surface area contributed by atoms with Crippen LogP contribution < -0.4 is 24.4 Å². The average molecular weight is 541 g/mol. The molecule has 0 saturated carbocycles. The number of methoxy groups -OCH3 is 1. The third-order valence-corrected chi connectivity index (χ3v) is 7.34. The number of fused-ring (bicyclic) bond motifs is 1. The molecule has 1 atom stereocenters. The van der Waals surface area contributed by atoms with E-state index in [0.717, 1.165) is 16.7 Å². The number of allylic oxidation sites excluding steroid dienone is 1. The van der Waals surface area contributed by atoms with E-state index in [-0.39, 0.29) is 12.2 Å². The van der Waals surface area contributed by atoms with Gasteiger partial charge in [-0.1, -0.05) is 65.9 Å². The first-order chi connectivity index (χ1) is 19.0. The fourth-order valence-electron chi connectivity index (χ4n) is 4.48. The molecule has 0 N–H and O–H groups in total. The van der Waals surface area contributed by atoms with E-state index >= 15 is 0 Å². The van der Waals surface area contributed by atoms with Crippen molar-refractivity contribution >= 4 is 23.4 Å². The summed E-state index contributed by atoms with van der Waals surface area (Å²) in [7, 11) is 1.59. The second-order valence-electron chi connectivity index (χ2n) is 8.92. The minimum absolute atomic E-state index is 0.220. The average Bonchev–Trinajstić information content (AvgIpc) is 3.26. The molecule has 0 aliphatic carbocycles. The number of carbonyl (C=O) groups excluding carboxylic acids is 1. The Labute approximate surface area is 229 Å². The Kier molecular flexibility index (Phi) is 7.74. The predicted molar refractivity (Wildman–Crippen MR) is 151 cm³/mol. The van der Waals surface area contributed by atoms with Gasteiger partial charge in [-0.05, 0) is 60.9 Å². The molecule has 8 heteroatoms. The molecule has 4 aromatic rings. The zero-order chi connectivity index (χ0) is 27.4. The highest BCUT2D eigenvalue weighted by molar-refractivity contribution is 7.07. The molecule has 0 amide bonds. The van der Waals surface area contributed by atoms with Crippen molar-refractivity contribution in [2.45, 2.75) is 26.5 Å². The highest BCUT2D eigenvalue weighted by atomic mass is 32.1. The summed E-state index contributed by atoms with van der Waals surface area (Å²) >= 11 is 1.29. The Balaban J connectivity index is 1.55. The summed E-state index contributed by atoms with van der Waals surface area (Å²) in [6, 6.07) is 24.2. The fourth-order valence-corrected chi connectivity index (χ4v) is 5.53. The Hall–Kier alpha value is -4.43. The van der Waals surface area contributed by atoms with Crippen molar-refractivity contribution in [3.63, 3.8) is 0 Å². The molecule has 1 aliphatic heterocycles. The Morgan fingerprint density at radius 1 is 1.03 bits per heavy atom. The van der Waals surface area contributed by atoms with Gasteiger partial charge in [-0.15, -0.1) is 0 Å². The van der Waals surface area contributed by atoms with Gasteiger partial charge in [0.2, 0.25) is 0 Å². The van der Waals surface area contributed by atoms with Gasteiger partial charge in [-0.25, -0.2) is 9.79 Å². The van der Waals surface area contributed by atoms with Crippen molar-refractivity contribution in [3.8, 4) is 11.5 Å². The highest BCUT2D eigenvalue weighted by Crippen LogP contribution is 2.31. The molecule has 0 fully saturated rings. The summed E-state index contributed by atoms with van der Waals surface area (Å²) in [5, 5.41) is 0. The number of nitrogens with zero attached hydrogens (tertiary/aromatic N) is 2. The summed E-state index contributed by atoms with van der Waals surface area (Å²) < 4.78 is 18.7. The molecular weight excluding hydrogens is 512 g/mol. The summed E-state index contributed by atoms with van der Waals surface area (Å²) in [5.41, 5.74) is 3.30. The van der Waals surface area contributed by atoms with Gasteiger partial charge in [-0.3, -0.25) is 9.36 Å². The summed E-state index contributed by atoms with van der Waals surface area (Å²) in [6.45, 7) is 4.19. The van der Waals surface area contributed by atoms with Crippen LogP contribution in [0.4, 0.5) is 0 Å². The van der Waals surface area contributed by atoms with Crippen LogP contribution in [0.2, 0.25) is 0 Å². The van der Waals surface area contributed by atoms with E-state index in [1.807, 2.05) is 84.9 Å². The van der Waals surface area contributed by atoms with Crippen LogP contribution in [0.5, 0.6) is 11.5 Å². The van der Waals surface area contributed by atoms with Gasteiger partial charge in [0.1, 0.15) is 18.1 Å². The molecule has 0 spiro atoms. The molecule has 0 saturated heterocycles. The van der Waals surface area contributed by atoms with Gasteiger partial charge in [0.25, 0.3) is 5.56 Å². The van der Waals surface area contributed by atoms with Crippen molar-refractivity contribution in [2.75, 3.05) is 13.7 Å². The summed E-state index contributed by atoms with van der Waals surface area (Å²) in [4.78, 5) is 32.0. The summed E-state index contributed by atoms with van der Waals surface area (Å²) in [6.07, 6.45) is 1.83. The van der Waals surface area contributed by atoms with Gasteiger partial charge in [0, 0.05) is 0 Å². The molecule has 1 aromatic heterocycles. The maximum Gasteiger partial charge on any atom is 0.338 e. The topological polar surface area (TPSA) is 79.1 Å². The van der Waals surface area contributed by atoms with Crippen LogP contribution >= 0.6 is 11.3 Å². The van der Waals surface area contributed by atoms with Crippen LogP contribution in [0.3, 0.4) is 0 Å². The maximum absolute atomic E-state index is 13.8. The first kappa shape index (κ1) is 26.2. The number of carbonyl (C=O) groups is 1. The molecule has 3 aromatic carbocycles. The molecule has 7 nitrogen and oxygen atoms in total. The van der Waals surface area contributed by atoms with E-state index in [0.29, 0.717) is 38.7 Å². The number of benzene rings is 3. The molecule has 0 bridgehead atoms. The van der Waals surface area contributed by atoms with Crippen molar-refractivity contribution in [1.82, 2.24) is 4.57 Å². The summed E-state index contributed by atoms with van der Waals surface area (Å²) in [5.74, 6) is 0.896. The number of ether oxygens (including phenoxy) is 3. The monoisotopic (exact) mass is 540 g/mol. The van der Waals surface area contributed by atoms with Gasteiger partial charge in [0.05, 0.1) is 35.6 Å². The lowest BCUT2D eigenvalue weighted by Gasteiger charge is -2.24. The number of esters is 1. The van der Waals surface area contributed by atoms with E-state index in [2.05, 4.69) is 4.99 Å². The minimum atomic E-state index is -0.672. The van der Waals surface area contributed by atoms with E-state index < -0.39 is 12.0 Å². The first-order valence-corrected chi connectivity index (χ1v) is 13.4. The SMILES string of the molecule is CCOC(=O)C1=C(C)N=c2s/c(=C/c3cccc(OCc4ccccc4)c3)c(=O)n2[C@H]1c1ccc(OC)cc1. The first-order valence-electron chi connectivity index (χ1n) is 12.6. The predicted octanol–water partition coefficient (Wildman–Crippen LogP) is 4.39. The lowest BCUT2D eigenvalue weighted by molar-refractivity contribution is -0.139. The van der Waals surface area contributed by atoms with Gasteiger partial charge >= 0.3 is 5.97 Å². The van der Waals surface area contributed by atoms with Gasteiger partial charge < -0.3 is 14.2 Å². The van der Waals surface area contributed by atoms with Crippen LogP contribution in [0.25, 0.3) is 6.08 Å². The van der Waals surface area contributed by atoms with Gasteiger partial charge in [-0.2, -0.15) is 0 Å². The number of thiazole rings is 1. The van der Waals surface area contributed by atoms with E-state index in [1.54, 1.807) is 25.5 Å². The zero-order valence-corrected chi connectivity index (χ0v) is 22.7. The van der Waals surface area contributed by atoms with E-state index in [4.69, 9.17) is 14.2 Å². The van der Waals surface area contributed by atoms with Crippen LogP contribution in [-0.4, -0.2) is 24.3 Å².